The van der Waals surface area contributed by atoms with Gasteiger partial charge in [0, 0.05) is 6.61 Å². The molecule has 0 aromatic carbocycles. The minimum absolute atomic E-state index is 0.204. The maximum Gasteiger partial charge on any atom is 0.166 e. The zero-order valence-corrected chi connectivity index (χ0v) is 18.5. The molecule has 6 unspecified atom stereocenters. The second-order valence-corrected chi connectivity index (χ2v) is 8.53. The fourth-order valence-corrected chi connectivity index (χ4v) is 3.40. The van der Waals surface area contributed by atoms with E-state index in [-0.39, 0.29) is 30.0 Å². The van der Waals surface area contributed by atoms with Crippen molar-refractivity contribution < 1.29 is 28.4 Å². The van der Waals surface area contributed by atoms with E-state index in [1.54, 1.807) is 0 Å². The predicted molar refractivity (Wildman–Crippen MR) is 104 cm³/mol. The van der Waals surface area contributed by atoms with Crippen LogP contribution in [0, 0.1) is 0 Å². The van der Waals surface area contributed by atoms with E-state index < -0.39 is 11.6 Å². The normalized spacial score (nSPS) is 36.9. The third-order valence-corrected chi connectivity index (χ3v) is 5.91. The fraction of sp³-hybridized carbons (Fsp3) is 1.00. The lowest BCUT2D eigenvalue weighted by atomic mass is 10.00. The van der Waals surface area contributed by atoms with Gasteiger partial charge >= 0.3 is 0 Å². The van der Waals surface area contributed by atoms with Gasteiger partial charge in [0.2, 0.25) is 0 Å². The van der Waals surface area contributed by atoms with Crippen LogP contribution in [0.2, 0.25) is 0 Å². The Labute approximate surface area is 165 Å². The molecule has 0 spiro atoms. The Kier molecular flexibility index (Phi) is 7.73. The first kappa shape index (κ1) is 23.0. The standard InChI is InChI=1S/C21H40O6/c1-9-19(5,6)27-18(16-14-24-21(8,11-3)26-16)17(22-12-4)15-13-23-20(7,10-2)25-15/h15-18H,9-14H2,1-8H3. The Morgan fingerprint density at radius 3 is 1.74 bits per heavy atom. The van der Waals surface area contributed by atoms with Crippen molar-refractivity contribution in [1.29, 1.82) is 0 Å². The average Bonchev–Trinajstić information content (AvgIpc) is 3.23. The summed E-state index contributed by atoms with van der Waals surface area (Å²) in [5, 5.41) is 0. The van der Waals surface area contributed by atoms with Crippen molar-refractivity contribution in [3.63, 3.8) is 0 Å². The average molecular weight is 389 g/mol. The lowest BCUT2D eigenvalue weighted by Crippen LogP contribution is -2.53. The smallest absolute Gasteiger partial charge is 0.166 e. The van der Waals surface area contributed by atoms with E-state index in [1.165, 1.54) is 0 Å². The maximum absolute atomic E-state index is 6.57. The Morgan fingerprint density at radius 1 is 0.889 bits per heavy atom. The van der Waals surface area contributed by atoms with Crippen LogP contribution in [0.25, 0.3) is 0 Å². The Morgan fingerprint density at radius 2 is 1.37 bits per heavy atom. The summed E-state index contributed by atoms with van der Waals surface area (Å²) in [5.41, 5.74) is -0.303. The first-order valence-corrected chi connectivity index (χ1v) is 10.5. The van der Waals surface area contributed by atoms with Gasteiger partial charge in [-0.15, -0.1) is 0 Å². The molecule has 0 saturated carbocycles. The Bertz CT molecular complexity index is 470. The highest BCUT2D eigenvalue weighted by Gasteiger charge is 2.50. The number of hydrogen-bond donors (Lipinski definition) is 0. The first-order valence-electron chi connectivity index (χ1n) is 10.5. The van der Waals surface area contributed by atoms with Crippen LogP contribution in [-0.4, -0.2) is 61.4 Å². The summed E-state index contributed by atoms with van der Waals surface area (Å²) in [7, 11) is 0. The van der Waals surface area contributed by atoms with Crippen LogP contribution in [-0.2, 0) is 28.4 Å². The van der Waals surface area contributed by atoms with Gasteiger partial charge in [-0.1, -0.05) is 20.8 Å². The van der Waals surface area contributed by atoms with Crippen LogP contribution in [0.3, 0.4) is 0 Å². The van der Waals surface area contributed by atoms with Gasteiger partial charge in [0.25, 0.3) is 0 Å². The topological polar surface area (TPSA) is 55.4 Å². The van der Waals surface area contributed by atoms with E-state index in [4.69, 9.17) is 28.4 Å². The molecule has 0 N–H and O–H groups in total. The van der Waals surface area contributed by atoms with Gasteiger partial charge in [0.15, 0.2) is 11.6 Å². The molecule has 160 valence electrons. The van der Waals surface area contributed by atoms with Crippen molar-refractivity contribution in [2.75, 3.05) is 19.8 Å². The molecule has 0 aromatic heterocycles. The summed E-state index contributed by atoms with van der Waals surface area (Å²) in [4.78, 5) is 0. The second kappa shape index (κ2) is 9.06. The van der Waals surface area contributed by atoms with Gasteiger partial charge in [-0.05, 0) is 53.9 Å². The van der Waals surface area contributed by atoms with Crippen molar-refractivity contribution in [1.82, 2.24) is 0 Å². The number of ether oxygens (including phenoxy) is 6. The molecule has 6 atom stereocenters. The molecule has 0 aliphatic carbocycles. The van der Waals surface area contributed by atoms with Gasteiger partial charge in [0.05, 0.1) is 18.8 Å². The van der Waals surface area contributed by atoms with E-state index in [0.29, 0.717) is 19.8 Å². The fourth-order valence-electron chi connectivity index (χ4n) is 3.40. The van der Waals surface area contributed by atoms with Gasteiger partial charge < -0.3 is 28.4 Å². The van der Waals surface area contributed by atoms with Crippen LogP contribution < -0.4 is 0 Å². The minimum Gasteiger partial charge on any atom is -0.373 e. The Balaban J connectivity index is 2.25. The minimum atomic E-state index is -0.579. The monoisotopic (exact) mass is 388 g/mol. The van der Waals surface area contributed by atoms with Crippen LogP contribution in [0.1, 0.15) is 74.7 Å². The molecule has 6 nitrogen and oxygen atoms in total. The molecule has 2 aliphatic heterocycles. The summed E-state index contributed by atoms with van der Waals surface area (Å²) in [6.07, 6.45) is 1.44. The van der Waals surface area contributed by atoms with E-state index in [1.807, 2.05) is 20.8 Å². The highest BCUT2D eigenvalue weighted by molar-refractivity contribution is 4.93. The SMILES string of the molecule is CCOC(C1COC(C)(CC)O1)C(OC(C)(C)CC)C1COC(C)(CC)O1. The van der Waals surface area contributed by atoms with Crippen molar-refractivity contribution in [3.05, 3.63) is 0 Å². The van der Waals surface area contributed by atoms with Crippen molar-refractivity contribution >= 4 is 0 Å². The molecule has 6 heteroatoms. The van der Waals surface area contributed by atoms with Gasteiger partial charge in [-0.25, -0.2) is 0 Å². The highest BCUT2D eigenvalue weighted by atomic mass is 16.8. The lowest BCUT2D eigenvalue weighted by molar-refractivity contribution is -0.230. The van der Waals surface area contributed by atoms with Crippen molar-refractivity contribution in [2.24, 2.45) is 0 Å². The van der Waals surface area contributed by atoms with Crippen LogP contribution in [0.4, 0.5) is 0 Å². The molecule has 0 radical (unpaired) electrons. The van der Waals surface area contributed by atoms with Gasteiger partial charge in [-0.3, -0.25) is 0 Å². The van der Waals surface area contributed by atoms with E-state index in [9.17, 15) is 0 Å². The largest absolute Gasteiger partial charge is 0.373 e. The third-order valence-electron chi connectivity index (χ3n) is 5.91. The molecular formula is C21H40O6. The van der Waals surface area contributed by atoms with E-state index >= 15 is 0 Å². The molecule has 0 bridgehead atoms. The Hall–Kier alpha value is -0.240. The van der Waals surface area contributed by atoms with Crippen LogP contribution in [0.15, 0.2) is 0 Å². The summed E-state index contributed by atoms with van der Waals surface area (Å²) >= 11 is 0. The van der Waals surface area contributed by atoms with Crippen molar-refractivity contribution in [3.8, 4) is 0 Å². The zero-order chi connectivity index (χ0) is 20.3. The number of rotatable bonds is 10. The summed E-state index contributed by atoms with van der Waals surface area (Å²) in [6.45, 7) is 17.9. The summed E-state index contributed by atoms with van der Waals surface area (Å²) in [5.74, 6) is -1.15. The van der Waals surface area contributed by atoms with Gasteiger partial charge in [0.1, 0.15) is 24.4 Å². The van der Waals surface area contributed by atoms with Gasteiger partial charge in [-0.2, -0.15) is 0 Å². The first-order chi connectivity index (χ1) is 12.6. The molecule has 0 aromatic rings. The highest BCUT2D eigenvalue weighted by Crippen LogP contribution is 2.36. The van der Waals surface area contributed by atoms with Crippen LogP contribution in [0.5, 0.6) is 0 Å². The molecule has 2 heterocycles. The van der Waals surface area contributed by atoms with E-state index in [0.717, 1.165) is 19.3 Å². The van der Waals surface area contributed by atoms with Crippen molar-refractivity contribution in [2.45, 2.75) is 116 Å². The van der Waals surface area contributed by atoms with E-state index in [2.05, 4.69) is 34.6 Å². The summed E-state index contributed by atoms with van der Waals surface area (Å²) < 4.78 is 37.2. The lowest BCUT2D eigenvalue weighted by Gasteiger charge is -2.39. The molecule has 27 heavy (non-hydrogen) atoms. The van der Waals surface area contributed by atoms with Crippen LogP contribution >= 0.6 is 0 Å². The number of hydrogen-bond acceptors (Lipinski definition) is 6. The second-order valence-electron chi connectivity index (χ2n) is 8.53. The molecular weight excluding hydrogens is 348 g/mol. The predicted octanol–water partition coefficient (Wildman–Crippen LogP) is 4.05. The maximum atomic E-state index is 6.57. The molecule has 0 amide bonds. The molecule has 2 aliphatic rings. The third kappa shape index (κ3) is 5.64. The molecule has 2 saturated heterocycles. The molecule has 2 rings (SSSR count). The summed E-state index contributed by atoms with van der Waals surface area (Å²) in [6, 6.07) is 0. The zero-order valence-electron chi connectivity index (χ0n) is 18.5. The quantitative estimate of drug-likeness (QED) is 0.563. The molecule has 2 fully saturated rings.